The Kier molecular flexibility index (Phi) is 48.5. The van der Waals surface area contributed by atoms with Crippen molar-refractivity contribution in [1.82, 2.24) is 0 Å². The summed E-state index contributed by atoms with van der Waals surface area (Å²) >= 11 is 0. The fraction of sp³-hybridized carbons (Fsp3) is 1.00. The van der Waals surface area contributed by atoms with Gasteiger partial charge in [-0.2, -0.15) is 0 Å². The normalized spacial score (nSPS) is 9.70. The molecule has 0 aromatic rings. The van der Waals surface area contributed by atoms with E-state index in [0.29, 0.717) is 6.55 Å². The molecule has 0 bridgehead atoms. The van der Waals surface area contributed by atoms with Crippen LogP contribution in [0.5, 0.6) is 0 Å². The third-order valence-corrected chi connectivity index (χ3v) is 295. The van der Waals surface area contributed by atoms with Crippen molar-refractivity contribution < 1.29 is 174 Å². The van der Waals surface area contributed by atoms with Gasteiger partial charge in [0, 0.05) is 8.80 Å². The van der Waals surface area contributed by atoms with Crippen LogP contribution in [0.2, 0.25) is 45.8 Å². The van der Waals surface area contributed by atoms with Gasteiger partial charge in [-0.15, -0.1) is 0 Å². The number of hydrogen-bond acceptors (Lipinski definition) is 39. The topological polar surface area (TPSA) is 669 Å². The lowest BCUT2D eigenvalue weighted by Gasteiger charge is -2.00. The highest BCUT2D eigenvalue weighted by molar-refractivity contribution is 7.86. The molecule has 0 heterocycles. The minimum atomic E-state index is -4.66. The molecule has 0 aromatic heterocycles. The zero-order valence-electron chi connectivity index (χ0n) is 43.3. The van der Waals surface area contributed by atoms with Crippen molar-refractivity contribution in [1.29, 1.82) is 0 Å². The predicted molar refractivity (Wildman–Crippen MR) is 305 cm³/mol. The van der Waals surface area contributed by atoms with Crippen LogP contribution in [0, 0.1) is 0 Å². The van der Waals surface area contributed by atoms with Gasteiger partial charge in [-0.05, 0) is 19.6 Å². The lowest BCUT2D eigenvalue weighted by atomic mass is 11.8. The summed E-state index contributed by atoms with van der Waals surface area (Å²) in [4.78, 5) is 8.66. The van der Waals surface area contributed by atoms with Gasteiger partial charge in [0.1, 0.15) is 0 Å². The van der Waals surface area contributed by atoms with Crippen molar-refractivity contribution in [2.45, 2.75) is 45.8 Å². The van der Waals surface area contributed by atoms with Crippen LogP contribution in [0.1, 0.15) is 0 Å². The molecule has 448 valence electrons. The molecule has 0 saturated heterocycles. The Morgan fingerprint density at radius 2 is 0.337 bits per heavy atom. The lowest BCUT2D eigenvalue weighted by Crippen LogP contribution is -2.59. The maximum Gasteiger partial charge on any atom is 0.549 e. The molecule has 0 amide bonds. The van der Waals surface area contributed by atoms with E-state index in [-0.39, 0.29) is 8.80 Å². The van der Waals surface area contributed by atoms with Gasteiger partial charge in [0.2, 0.25) is 0 Å². The molecule has 0 atom stereocenters. The van der Waals surface area contributed by atoms with Gasteiger partial charge in [-0.25, -0.2) is 0 Å². The molecule has 0 unspecified atom stereocenters. The van der Waals surface area contributed by atoms with Gasteiger partial charge < -0.3 is 165 Å². The van der Waals surface area contributed by atoms with Crippen molar-refractivity contribution >= 4 is 315 Å². The first-order chi connectivity index (χ1) is 38.9. The molecule has 79 heteroatoms. The Morgan fingerprint density at radius 3 is 0.430 bits per heavy atom. The van der Waals surface area contributed by atoms with E-state index in [9.17, 15) is 161 Å². The fourth-order valence-corrected chi connectivity index (χ4v) is 432. The summed E-state index contributed by atoms with van der Waals surface area (Å²) in [5.74, 6) is 0. The predicted octanol–water partition coefficient (Wildman–Crippen LogP) is -17.3. The average molecular weight is 1860 g/mol. The van der Waals surface area contributed by atoms with Gasteiger partial charge in [-0.1, -0.05) is 26.2 Å². The standard InChI is InChI=1S/C3H10OSi.C3H10Si.CH6O36Si37.O2Si/c1-5(2,3)4;1-4(2)3;1-40(43(6)47(10)51(14)55(18)59(22)63(26)67(30)71(34)73(36)69(32)65(28)61(24)57(20)53(16)49(12)45(8)41(4)38-2)44(7)48(11)52(15)56(19)60(23)64(27)68(31)72(35)74(37)70(33)66(29)62(25)58(21)54(17)50(13)46(9)42(5)39-3;1-3-2/h4H,1-3H3;4H,1-3H3;38-40H,1H3;. The smallest absolute Gasteiger partial charge is 0.433 e. The van der Waals surface area contributed by atoms with E-state index < -0.39 is 306 Å². The van der Waals surface area contributed by atoms with E-state index in [1.807, 2.05) is 19.6 Å². The summed E-state index contributed by atoms with van der Waals surface area (Å²) in [6.45, 7) is 13.2. The molecular weight excluding hydrogens is 1830 g/mol. The fourth-order valence-electron chi connectivity index (χ4n) is 3.75. The van der Waals surface area contributed by atoms with Gasteiger partial charge in [0.05, 0.1) is 0 Å². The highest BCUT2D eigenvalue weighted by atomic mass is 30.1. The first-order valence-electron chi connectivity index (χ1n) is 21.0. The first kappa shape index (κ1) is 93.4. The van der Waals surface area contributed by atoms with Crippen molar-refractivity contribution in [2.75, 3.05) is 0 Å². The molecule has 39 nitrogen and oxygen atoms in total. The monoisotopic (exact) mass is 1850 g/mol. The second kappa shape index (κ2) is 44.7. The molecule has 0 aliphatic heterocycles. The Balaban J connectivity index is -0.00000254. The Bertz CT molecular complexity index is 3300. The largest absolute Gasteiger partial charge is 0.549 e. The third-order valence-electron chi connectivity index (χ3n) is 7.67. The maximum absolute atomic E-state index is 13.1. The maximum atomic E-state index is 13.1. The van der Waals surface area contributed by atoms with Crippen LogP contribution in [0.3, 0.4) is 0 Å². The second-order valence-corrected chi connectivity index (χ2v) is 203. The molecule has 0 radical (unpaired) electrons. The van der Waals surface area contributed by atoms with Crippen molar-refractivity contribution in [3.05, 3.63) is 0 Å². The van der Waals surface area contributed by atoms with Gasteiger partial charge in [0.25, 0.3) is 0 Å². The van der Waals surface area contributed by atoms with Crippen LogP contribution in [0.25, 0.3) is 0 Å². The van der Waals surface area contributed by atoms with Crippen LogP contribution < -0.4 is 0 Å². The summed E-state index contributed by atoms with van der Waals surface area (Å²) in [5.41, 5.74) is 0. The molecule has 0 rings (SSSR count). The summed E-state index contributed by atoms with van der Waals surface area (Å²) in [6.07, 6.45) is 0. The van der Waals surface area contributed by atoms with Crippen LogP contribution in [-0.4, -0.2) is 319 Å². The minimum absolute atomic E-state index is 0.139. The molecule has 1 N–H and O–H groups in total. The molecule has 0 aromatic carbocycles. The highest BCUT2D eigenvalue weighted by Gasteiger charge is 2.59. The van der Waals surface area contributed by atoms with Crippen LogP contribution in [0.4, 0.5) is 0 Å². The molecule has 0 aliphatic rings. The average Bonchev–Trinajstić information content (AvgIpc) is 3.63. The summed E-state index contributed by atoms with van der Waals surface area (Å²) in [6, 6.07) is 0. The lowest BCUT2D eigenvalue weighted by molar-refractivity contribution is 0.497. The van der Waals surface area contributed by atoms with Gasteiger partial charge in [0.15, 0.2) is 16.1 Å². The molecular formula is C7H26O39Si40. The summed E-state index contributed by atoms with van der Waals surface area (Å²) in [7, 11) is -162. The third kappa shape index (κ3) is 30.2. The van der Waals surface area contributed by atoms with Gasteiger partial charge >= 0.3 is 290 Å². The van der Waals surface area contributed by atoms with E-state index in [0.717, 1.165) is 0 Å². The Morgan fingerprint density at radius 1 is 0.256 bits per heavy atom. The Labute approximate surface area is 528 Å². The van der Waals surface area contributed by atoms with Crippen LogP contribution >= 0.6 is 0 Å². The van der Waals surface area contributed by atoms with Crippen LogP contribution in [0.15, 0.2) is 0 Å². The molecule has 0 spiro atoms. The summed E-state index contributed by atoms with van der Waals surface area (Å²) < 4.78 is 463. The van der Waals surface area contributed by atoms with Crippen molar-refractivity contribution in [3.63, 3.8) is 0 Å². The van der Waals surface area contributed by atoms with Gasteiger partial charge in [-0.3, -0.25) is 8.92 Å². The van der Waals surface area contributed by atoms with E-state index in [1.54, 1.807) is 0 Å². The van der Waals surface area contributed by atoms with E-state index in [4.69, 9.17) is 13.7 Å². The number of rotatable bonds is 36. The number of hydrogen-bond donors (Lipinski definition) is 1. The van der Waals surface area contributed by atoms with Crippen molar-refractivity contribution in [3.8, 4) is 0 Å². The minimum Gasteiger partial charge on any atom is -0.433 e. The SMILES string of the molecule is C[SiH](C)C.C[SiH]([Si](=O)[Si](=O)[Si](=O)[Si](=O)[Si](=O)[Si](=O)[Si](=O)[Si](=O)[Si](=O)[Si](=O)[Si](=O)[Si](=O)[Si](=O)[Si](=O)[Si](=O)[Si](=O)[Si](=O)[SiH]=O)[Si](=O)[Si](=O)[Si](=O)[Si](=O)[Si](=O)[Si](=O)[Si](=O)[Si](=O)[Si](=O)[Si](=O)[Si](=O)[Si](=O)[Si](=O)[Si](=O)[Si](=O)[Si](=O)[Si](=O)[SiH]=O.C[Si](C)(C)O.O=[Si]=O. The molecule has 0 fully saturated rings. The van der Waals surface area contributed by atoms with Crippen molar-refractivity contribution in [2.24, 2.45) is 0 Å². The zero-order valence-corrected chi connectivity index (χ0v) is 83.9. The molecule has 0 aliphatic carbocycles. The quantitative estimate of drug-likeness (QED) is 0.0569. The molecule has 86 heavy (non-hydrogen) atoms. The Hall–Kier alpha value is 1.04. The first-order valence-corrected chi connectivity index (χ1v) is 118. The van der Waals surface area contributed by atoms with E-state index >= 15 is 0 Å². The molecule has 0 saturated carbocycles. The van der Waals surface area contributed by atoms with E-state index in [2.05, 4.69) is 19.6 Å². The van der Waals surface area contributed by atoms with E-state index in [1.165, 1.54) is 0 Å². The van der Waals surface area contributed by atoms with Crippen LogP contribution in [-0.2, 0) is 170 Å². The zero-order chi connectivity index (χ0) is 69.4. The summed E-state index contributed by atoms with van der Waals surface area (Å²) in [5, 5.41) is 0. The second-order valence-electron chi connectivity index (χ2n) is 16.3. The highest BCUT2D eigenvalue weighted by Crippen LogP contribution is 1.94.